The fourth-order valence-corrected chi connectivity index (χ4v) is 3.24. The van der Waals surface area contributed by atoms with Gasteiger partial charge in [-0.3, -0.25) is 4.79 Å². The molecule has 1 aromatic heterocycles. The van der Waals surface area contributed by atoms with Crippen LogP contribution < -0.4 is 10.2 Å². The van der Waals surface area contributed by atoms with Gasteiger partial charge in [-0.15, -0.1) is 0 Å². The molecule has 1 N–H and O–H groups in total. The van der Waals surface area contributed by atoms with Crippen LogP contribution in [-0.2, 0) is 6.54 Å². The molecule has 3 rings (SSSR count). The molecule has 6 heteroatoms. The smallest absolute Gasteiger partial charge is 0.256 e. The van der Waals surface area contributed by atoms with Gasteiger partial charge in [0, 0.05) is 25.8 Å². The molecule has 1 aromatic carbocycles. The number of amides is 1. The van der Waals surface area contributed by atoms with Crippen molar-refractivity contribution in [3.05, 3.63) is 58.5 Å². The van der Waals surface area contributed by atoms with E-state index in [1.807, 2.05) is 12.1 Å². The molecule has 4 nitrogen and oxygen atoms in total. The lowest BCUT2D eigenvalue weighted by molar-refractivity contribution is 0.0947. The molecule has 0 atom stereocenters. The van der Waals surface area contributed by atoms with Crippen molar-refractivity contribution in [1.82, 2.24) is 10.3 Å². The molecule has 0 bridgehead atoms. The van der Waals surface area contributed by atoms with Crippen LogP contribution in [0, 0.1) is 5.82 Å². The summed E-state index contributed by atoms with van der Waals surface area (Å²) in [5.41, 5.74) is 0.734. The highest BCUT2D eigenvalue weighted by Crippen LogP contribution is 2.19. The summed E-state index contributed by atoms with van der Waals surface area (Å²) in [5.74, 6) is -0.187. The van der Waals surface area contributed by atoms with Crippen LogP contribution in [-0.4, -0.2) is 24.0 Å². The molecule has 1 fully saturated rings. The lowest BCUT2D eigenvalue weighted by Crippen LogP contribution is -2.26. The Balaban J connectivity index is 1.61. The van der Waals surface area contributed by atoms with E-state index in [1.165, 1.54) is 43.9 Å². The highest BCUT2D eigenvalue weighted by Gasteiger charge is 2.15. The van der Waals surface area contributed by atoms with Gasteiger partial charge >= 0.3 is 0 Å². The minimum atomic E-state index is -0.625. The molecule has 25 heavy (non-hydrogen) atoms. The summed E-state index contributed by atoms with van der Waals surface area (Å²) in [6, 6.07) is 8.11. The number of pyridine rings is 1. The van der Waals surface area contributed by atoms with Gasteiger partial charge in [-0.05, 0) is 36.6 Å². The first-order valence-electron chi connectivity index (χ1n) is 8.57. The Kier molecular flexibility index (Phi) is 5.87. The highest BCUT2D eigenvalue weighted by atomic mass is 35.5. The molecular weight excluding hydrogens is 341 g/mol. The molecule has 0 radical (unpaired) electrons. The first kappa shape index (κ1) is 17.7. The van der Waals surface area contributed by atoms with Crippen molar-refractivity contribution >= 4 is 23.3 Å². The van der Waals surface area contributed by atoms with Crippen LogP contribution in [0.4, 0.5) is 10.2 Å². The van der Waals surface area contributed by atoms with Crippen LogP contribution in [0.5, 0.6) is 0 Å². The zero-order chi connectivity index (χ0) is 17.6. The molecule has 132 valence electrons. The molecule has 1 aliphatic heterocycles. The first-order valence-corrected chi connectivity index (χ1v) is 8.95. The third-order valence-corrected chi connectivity index (χ3v) is 4.70. The second kappa shape index (κ2) is 8.30. The average Bonchev–Trinajstić information content (AvgIpc) is 2.90. The van der Waals surface area contributed by atoms with Gasteiger partial charge in [0.2, 0.25) is 0 Å². The first-order chi connectivity index (χ1) is 12.1. The Hall–Kier alpha value is -2.14. The number of nitrogens with zero attached hydrogens (tertiary/aromatic N) is 2. The molecule has 1 amide bonds. The van der Waals surface area contributed by atoms with Gasteiger partial charge in [-0.1, -0.05) is 36.6 Å². The van der Waals surface area contributed by atoms with E-state index in [4.69, 9.17) is 11.6 Å². The molecular formula is C19H21ClFN3O. The fraction of sp³-hybridized carbons (Fsp3) is 0.368. The van der Waals surface area contributed by atoms with Crippen molar-refractivity contribution in [3.8, 4) is 0 Å². The Labute approximate surface area is 152 Å². The molecule has 2 aromatic rings. The standard InChI is InChI=1S/C19H21ClFN3O/c20-15-6-5-7-16(21)18(15)19(25)23-13-14-8-9-17(22-12-14)24-10-3-1-2-4-11-24/h5-9,12H,1-4,10-11,13H2,(H,23,25). The summed E-state index contributed by atoms with van der Waals surface area (Å²) in [6.45, 7) is 2.35. The minimum Gasteiger partial charge on any atom is -0.357 e. The number of carbonyl (C=O) groups excluding carboxylic acids is 1. The number of nitrogens with one attached hydrogen (secondary N) is 1. The van der Waals surface area contributed by atoms with E-state index in [-0.39, 0.29) is 17.1 Å². The number of carbonyl (C=O) groups is 1. The van der Waals surface area contributed by atoms with E-state index in [9.17, 15) is 9.18 Å². The van der Waals surface area contributed by atoms with Crippen molar-refractivity contribution in [2.45, 2.75) is 32.2 Å². The van der Waals surface area contributed by atoms with E-state index >= 15 is 0 Å². The molecule has 0 spiro atoms. The Morgan fingerprint density at radius 3 is 2.56 bits per heavy atom. The summed E-state index contributed by atoms with van der Waals surface area (Å²) in [5, 5.41) is 2.79. The number of hydrogen-bond acceptors (Lipinski definition) is 3. The highest BCUT2D eigenvalue weighted by molar-refractivity contribution is 6.33. The second-order valence-corrected chi connectivity index (χ2v) is 6.61. The van der Waals surface area contributed by atoms with Crippen molar-refractivity contribution < 1.29 is 9.18 Å². The van der Waals surface area contributed by atoms with Crippen LogP contribution in [0.1, 0.15) is 41.6 Å². The molecule has 0 saturated carbocycles. The number of hydrogen-bond donors (Lipinski definition) is 1. The maximum Gasteiger partial charge on any atom is 0.256 e. The number of aromatic nitrogens is 1. The van der Waals surface area contributed by atoms with E-state index in [0.717, 1.165) is 24.5 Å². The molecule has 0 aliphatic carbocycles. The third kappa shape index (κ3) is 4.48. The lowest BCUT2D eigenvalue weighted by Gasteiger charge is -2.21. The van der Waals surface area contributed by atoms with Crippen molar-refractivity contribution in [3.63, 3.8) is 0 Å². The van der Waals surface area contributed by atoms with Crippen LogP contribution >= 0.6 is 11.6 Å². The Morgan fingerprint density at radius 2 is 1.92 bits per heavy atom. The van der Waals surface area contributed by atoms with E-state index < -0.39 is 11.7 Å². The third-order valence-electron chi connectivity index (χ3n) is 4.38. The van der Waals surface area contributed by atoms with Gasteiger partial charge in [-0.2, -0.15) is 0 Å². The van der Waals surface area contributed by atoms with Crippen LogP contribution in [0.2, 0.25) is 5.02 Å². The minimum absolute atomic E-state index is 0.104. The van der Waals surface area contributed by atoms with Crippen LogP contribution in [0.15, 0.2) is 36.5 Å². The van der Waals surface area contributed by atoms with E-state index in [1.54, 1.807) is 6.20 Å². The number of rotatable bonds is 4. The normalized spacial score (nSPS) is 14.9. The van der Waals surface area contributed by atoms with E-state index in [2.05, 4.69) is 15.2 Å². The zero-order valence-electron chi connectivity index (χ0n) is 14.0. The average molecular weight is 362 g/mol. The van der Waals surface area contributed by atoms with Gasteiger partial charge < -0.3 is 10.2 Å². The second-order valence-electron chi connectivity index (χ2n) is 6.21. The lowest BCUT2D eigenvalue weighted by atomic mass is 10.2. The van der Waals surface area contributed by atoms with Gasteiger partial charge in [0.15, 0.2) is 0 Å². The SMILES string of the molecule is O=C(NCc1ccc(N2CCCCCC2)nc1)c1c(F)cccc1Cl. The zero-order valence-corrected chi connectivity index (χ0v) is 14.7. The van der Waals surface area contributed by atoms with Crippen molar-refractivity contribution in [1.29, 1.82) is 0 Å². The van der Waals surface area contributed by atoms with E-state index in [0.29, 0.717) is 0 Å². The van der Waals surface area contributed by atoms with Crippen molar-refractivity contribution in [2.75, 3.05) is 18.0 Å². The predicted octanol–water partition coefficient (Wildman–Crippen LogP) is 4.18. The Morgan fingerprint density at radius 1 is 1.16 bits per heavy atom. The summed E-state index contributed by atoms with van der Waals surface area (Å²) in [6.07, 6.45) is 6.70. The monoisotopic (exact) mass is 361 g/mol. The summed E-state index contributed by atoms with van der Waals surface area (Å²) in [7, 11) is 0. The quantitative estimate of drug-likeness (QED) is 0.888. The van der Waals surface area contributed by atoms with Crippen molar-refractivity contribution in [2.24, 2.45) is 0 Å². The van der Waals surface area contributed by atoms with Gasteiger partial charge in [0.1, 0.15) is 11.6 Å². The number of benzene rings is 1. The largest absolute Gasteiger partial charge is 0.357 e. The van der Waals surface area contributed by atoms with Crippen LogP contribution in [0.3, 0.4) is 0 Å². The molecule has 2 heterocycles. The number of anilines is 1. The van der Waals surface area contributed by atoms with Crippen LogP contribution in [0.25, 0.3) is 0 Å². The Bertz CT molecular complexity index is 708. The molecule has 1 saturated heterocycles. The summed E-state index contributed by atoms with van der Waals surface area (Å²) >= 11 is 5.91. The maximum atomic E-state index is 13.8. The molecule has 0 unspecified atom stereocenters. The van der Waals surface area contributed by atoms with Gasteiger partial charge in [-0.25, -0.2) is 9.37 Å². The maximum absolute atomic E-state index is 13.8. The van der Waals surface area contributed by atoms with Gasteiger partial charge in [0.05, 0.1) is 10.6 Å². The predicted molar refractivity (Wildman–Crippen MR) is 97.5 cm³/mol. The topological polar surface area (TPSA) is 45.2 Å². The summed E-state index contributed by atoms with van der Waals surface area (Å²) < 4.78 is 13.8. The number of halogens is 2. The van der Waals surface area contributed by atoms with Gasteiger partial charge in [0.25, 0.3) is 5.91 Å². The summed E-state index contributed by atoms with van der Waals surface area (Å²) in [4.78, 5) is 19.0. The fourth-order valence-electron chi connectivity index (χ4n) is 2.99. The molecule has 1 aliphatic rings.